The van der Waals surface area contributed by atoms with E-state index < -0.39 is 0 Å². The Labute approximate surface area is 179 Å². The minimum Gasteiger partial charge on any atom is -0.376 e. The molecule has 0 radical (unpaired) electrons. The van der Waals surface area contributed by atoms with Gasteiger partial charge >= 0.3 is 0 Å². The second-order valence-electron chi connectivity index (χ2n) is 8.15. The monoisotopic (exact) mass is 408 g/mol. The van der Waals surface area contributed by atoms with E-state index in [2.05, 4.69) is 33.0 Å². The Bertz CT molecular complexity index is 871. The molecule has 2 aromatic carbocycles. The number of aryl methyl sites for hydroxylation is 1. The number of nitrogens with one attached hydrogen (secondary N) is 3. The highest BCUT2D eigenvalue weighted by atomic mass is 16.2. The van der Waals surface area contributed by atoms with Crippen molar-refractivity contribution in [2.75, 3.05) is 35.2 Å². The number of carbonyl (C=O) groups excluding carboxylic acids is 2. The summed E-state index contributed by atoms with van der Waals surface area (Å²) in [5.41, 5.74) is 4.38. The highest BCUT2D eigenvalue weighted by molar-refractivity contribution is 5.96. The van der Waals surface area contributed by atoms with E-state index in [1.54, 1.807) is 6.07 Å². The molecular weight excluding hydrogens is 376 g/mol. The van der Waals surface area contributed by atoms with Gasteiger partial charge in [0.25, 0.3) is 5.91 Å². The Kier molecular flexibility index (Phi) is 7.33. The van der Waals surface area contributed by atoms with Crippen LogP contribution in [0.2, 0.25) is 0 Å². The molecule has 1 aliphatic heterocycles. The van der Waals surface area contributed by atoms with E-state index in [-0.39, 0.29) is 24.4 Å². The quantitative estimate of drug-likeness (QED) is 0.643. The Balaban J connectivity index is 1.51. The van der Waals surface area contributed by atoms with Crippen LogP contribution in [0.5, 0.6) is 0 Å². The van der Waals surface area contributed by atoms with Gasteiger partial charge in [-0.15, -0.1) is 0 Å². The van der Waals surface area contributed by atoms with Crippen LogP contribution in [0.25, 0.3) is 0 Å². The van der Waals surface area contributed by atoms with Crippen molar-refractivity contribution in [2.24, 2.45) is 0 Å². The Morgan fingerprint density at radius 2 is 1.70 bits per heavy atom. The van der Waals surface area contributed by atoms with Gasteiger partial charge < -0.3 is 20.9 Å². The van der Waals surface area contributed by atoms with Crippen molar-refractivity contribution in [1.29, 1.82) is 0 Å². The van der Waals surface area contributed by atoms with Gasteiger partial charge in [0.2, 0.25) is 5.91 Å². The summed E-state index contributed by atoms with van der Waals surface area (Å²) < 4.78 is 0. The van der Waals surface area contributed by atoms with Crippen LogP contribution in [-0.2, 0) is 4.79 Å². The lowest BCUT2D eigenvalue weighted by Gasteiger charge is -2.28. The van der Waals surface area contributed by atoms with Gasteiger partial charge in [0, 0.05) is 41.8 Å². The molecule has 2 amide bonds. The van der Waals surface area contributed by atoms with Crippen molar-refractivity contribution in [3.63, 3.8) is 0 Å². The molecule has 1 fully saturated rings. The van der Waals surface area contributed by atoms with Crippen LogP contribution in [0.4, 0.5) is 17.1 Å². The van der Waals surface area contributed by atoms with Crippen LogP contribution in [0.1, 0.15) is 49.0 Å². The summed E-state index contributed by atoms with van der Waals surface area (Å²) in [6.07, 6.45) is 3.80. The number of anilines is 3. The van der Waals surface area contributed by atoms with Crippen LogP contribution in [0.15, 0.2) is 42.5 Å². The third-order valence-electron chi connectivity index (χ3n) is 5.22. The summed E-state index contributed by atoms with van der Waals surface area (Å²) in [5.74, 6) is -0.202. The zero-order valence-corrected chi connectivity index (χ0v) is 18.1. The fourth-order valence-corrected chi connectivity index (χ4v) is 3.64. The molecular formula is C24H32N4O2. The van der Waals surface area contributed by atoms with Crippen molar-refractivity contribution in [3.8, 4) is 0 Å². The van der Waals surface area contributed by atoms with Crippen LogP contribution in [0.3, 0.4) is 0 Å². The standard InChI is InChI=1S/C24H32N4O2/c1-17(2)26-24(30)19-7-12-22(18(3)15-19)25-16-23(29)27-20-8-10-21(11-9-20)28-13-5-4-6-14-28/h7-12,15,17,25H,4-6,13-14,16H2,1-3H3,(H,26,30)(H,27,29). The number of hydrogen-bond donors (Lipinski definition) is 3. The fraction of sp³-hybridized carbons (Fsp3) is 0.417. The predicted molar refractivity (Wildman–Crippen MR) is 123 cm³/mol. The van der Waals surface area contributed by atoms with E-state index in [1.807, 2.05) is 45.0 Å². The number of benzene rings is 2. The second kappa shape index (κ2) is 10.1. The van der Waals surface area contributed by atoms with Crippen LogP contribution >= 0.6 is 0 Å². The molecule has 2 aromatic rings. The molecule has 0 bridgehead atoms. The first-order valence-electron chi connectivity index (χ1n) is 10.7. The topological polar surface area (TPSA) is 73.5 Å². The molecule has 6 nitrogen and oxygen atoms in total. The van der Waals surface area contributed by atoms with Crippen molar-refractivity contribution in [2.45, 2.75) is 46.1 Å². The van der Waals surface area contributed by atoms with Crippen LogP contribution < -0.4 is 20.9 Å². The van der Waals surface area contributed by atoms with E-state index in [9.17, 15) is 9.59 Å². The zero-order chi connectivity index (χ0) is 21.5. The molecule has 1 aliphatic rings. The molecule has 1 heterocycles. The largest absolute Gasteiger partial charge is 0.376 e. The lowest BCUT2D eigenvalue weighted by Crippen LogP contribution is -2.30. The summed E-state index contributed by atoms with van der Waals surface area (Å²) in [7, 11) is 0. The van der Waals surface area contributed by atoms with E-state index in [1.165, 1.54) is 24.9 Å². The molecule has 0 spiro atoms. The number of piperidine rings is 1. The maximum absolute atomic E-state index is 12.3. The van der Waals surface area contributed by atoms with Crippen molar-refractivity contribution < 1.29 is 9.59 Å². The Morgan fingerprint density at radius 3 is 2.33 bits per heavy atom. The van der Waals surface area contributed by atoms with E-state index in [0.29, 0.717) is 5.56 Å². The molecule has 0 aromatic heterocycles. The first-order chi connectivity index (χ1) is 14.4. The van der Waals surface area contributed by atoms with Gasteiger partial charge in [0.15, 0.2) is 0 Å². The normalized spacial score (nSPS) is 13.8. The maximum atomic E-state index is 12.3. The highest BCUT2D eigenvalue weighted by Gasteiger charge is 2.12. The lowest BCUT2D eigenvalue weighted by molar-refractivity contribution is -0.114. The predicted octanol–water partition coefficient (Wildman–Crippen LogP) is 4.17. The molecule has 0 saturated carbocycles. The molecule has 6 heteroatoms. The first-order valence-corrected chi connectivity index (χ1v) is 10.7. The summed E-state index contributed by atoms with van der Waals surface area (Å²) in [6.45, 7) is 8.15. The number of amides is 2. The second-order valence-corrected chi connectivity index (χ2v) is 8.15. The average Bonchev–Trinajstić information content (AvgIpc) is 2.73. The average molecular weight is 409 g/mol. The van der Waals surface area contributed by atoms with Gasteiger partial charge in [-0.25, -0.2) is 0 Å². The molecule has 0 atom stereocenters. The molecule has 3 N–H and O–H groups in total. The van der Waals surface area contributed by atoms with Crippen molar-refractivity contribution >= 4 is 28.9 Å². The van der Waals surface area contributed by atoms with Gasteiger partial charge in [-0.2, -0.15) is 0 Å². The smallest absolute Gasteiger partial charge is 0.251 e. The van der Waals surface area contributed by atoms with Gasteiger partial charge in [-0.3, -0.25) is 9.59 Å². The minimum atomic E-state index is -0.109. The molecule has 0 aliphatic carbocycles. The summed E-state index contributed by atoms with van der Waals surface area (Å²) in [6, 6.07) is 13.6. The van der Waals surface area contributed by atoms with E-state index in [4.69, 9.17) is 0 Å². The molecule has 0 unspecified atom stereocenters. The van der Waals surface area contributed by atoms with Crippen LogP contribution in [0, 0.1) is 6.92 Å². The summed E-state index contributed by atoms with van der Waals surface area (Å²) in [4.78, 5) is 26.8. The molecule has 3 rings (SSSR count). The Morgan fingerprint density at radius 1 is 1.00 bits per heavy atom. The molecule has 30 heavy (non-hydrogen) atoms. The van der Waals surface area contributed by atoms with Gasteiger partial charge in [-0.1, -0.05) is 0 Å². The van der Waals surface area contributed by atoms with Crippen LogP contribution in [-0.4, -0.2) is 37.5 Å². The number of carbonyl (C=O) groups is 2. The maximum Gasteiger partial charge on any atom is 0.251 e. The van der Waals surface area contributed by atoms with Gasteiger partial charge in [0.1, 0.15) is 0 Å². The lowest BCUT2D eigenvalue weighted by atomic mass is 10.1. The van der Waals surface area contributed by atoms with E-state index >= 15 is 0 Å². The summed E-state index contributed by atoms with van der Waals surface area (Å²) in [5, 5.41) is 8.96. The third kappa shape index (κ3) is 5.99. The highest BCUT2D eigenvalue weighted by Crippen LogP contribution is 2.22. The number of hydrogen-bond acceptors (Lipinski definition) is 4. The molecule has 160 valence electrons. The number of rotatable bonds is 7. The number of nitrogens with zero attached hydrogens (tertiary/aromatic N) is 1. The van der Waals surface area contributed by atoms with Gasteiger partial charge in [-0.05, 0) is 88.1 Å². The van der Waals surface area contributed by atoms with Gasteiger partial charge in [0.05, 0.1) is 6.54 Å². The van der Waals surface area contributed by atoms with E-state index in [0.717, 1.165) is 30.0 Å². The SMILES string of the molecule is Cc1cc(C(=O)NC(C)C)ccc1NCC(=O)Nc1ccc(N2CCCCC2)cc1. The Hall–Kier alpha value is -3.02. The van der Waals surface area contributed by atoms with Crippen molar-refractivity contribution in [1.82, 2.24) is 5.32 Å². The first kappa shape index (κ1) is 21.7. The summed E-state index contributed by atoms with van der Waals surface area (Å²) >= 11 is 0. The molecule has 1 saturated heterocycles. The zero-order valence-electron chi connectivity index (χ0n) is 18.1. The third-order valence-corrected chi connectivity index (χ3v) is 5.22. The fourth-order valence-electron chi connectivity index (χ4n) is 3.64. The minimum absolute atomic E-state index is 0.0909. The van der Waals surface area contributed by atoms with Crippen molar-refractivity contribution in [3.05, 3.63) is 53.6 Å².